The highest BCUT2D eigenvalue weighted by atomic mass is 15.4. The molecular weight excluding hydrogens is 244 g/mol. The van der Waals surface area contributed by atoms with Crippen LogP contribution in [0.1, 0.15) is 6.92 Å². The topological polar surface area (TPSA) is 97.8 Å². The third-order valence-corrected chi connectivity index (χ3v) is 2.67. The fraction of sp³-hybridized carbons (Fsp3) is 0.455. The van der Waals surface area contributed by atoms with Crippen LogP contribution in [0, 0.1) is 0 Å². The smallest absolute Gasteiger partial charge is 0.257 e. The molecule has 0 aromatic carbocycles. The van der Waals surface area contributed by atoms with Gasteiger partial charge in [0.05, 0.1) is 0 Å². The second kappa shape index (κ2) is 6.10. The van der Waals surface area contributed by atoms with Crippen molar-refractivity contribution in [1.29, 1.82) is 0 Å². The Morgan fingerprint density at radius 3 is 2.89 bits per heavy atom. The fourth-order valence-electron chi connectivity index (χ4n) is 1.47. The van der Waals surface area contributed by atoms with Crippen molar-refractivity contribution in [3.05, 3.63) is 18.5 Å². The molecule has 2 rings (SSSR count). The molecule has 0 saturated carbocycles. The number of nitrogens with zero attached hydrogens (tertiary/aromatic N) is 6. The summed E-state index contributed by atoms with van der Waals surface area (Å²) in [6.45, 7) is 4.75. The molecule has 0 atom stereocenters. The summed E-state index contributed by atoms with van der Waals surface area (Å²) in [7, 11) is 2.05. The fourth-order valence-corrected chi connectivity index (χ4v) is 1.47. The Morgan fingerprint density at radius 2 is 2.21 bits per heavy atom. The zero-order valence-corrected chi connectivity index (χ0v) is 11.1. The molecule has 0 bridgehead atoms. The predicted molar refractivity (Wildman–Crippen MR) is 73.0 cm³/mol. The highest BCUT2D eigenvalue weighted by Crippen LogP contribution is 2.05. The standard InChI is InChI=1S/C11H18N8/c1-3-18(2)8-6-13-10-15-9(12)16-11(17-10)19-7-4-5-14-19/h4-5,7H,3,6,8H2,1-2H3,(H3,12,13,15,16,17). The van der Waals surface area contributed by atoms with Crippen LogP contribution in [-0.4, -0.2) is 56.3 Å². The van der Waals surface area contributed by atoms with Gasteiger partial charge in [0.25, 0.3) is 5.95 Å². The molecule has 2 aromatic heterocycles. The quantitative estimate of drug-likeness (QED) is 0.756. The van der Waals surface area contributed by atoms with Crippen molar-refractivity contribution < 1.29 is 0 Å². The first-order valence-electron chi connectivity index (χ1n) is 6.13. The van der Waals surface area contributed by atoms with Crippen LogP contribution in [0.15, 0.2) is 18.5 Å². The van der Waals surface area contributed by atoms with Gasteiger partial charge in [-0.25, -0.2) is 4.68 Å². The first kappa shape index (κ1) is 13.2. The number of hydrogen-bond donors (Lipinski definition) is 2. The largest absolute Gasteiger partial charge is 0.368 e. The van der Waals surface area contributed by atoms with Crippen LogP contribution >= 0.6 is 0 Å². The molecule has 0 aliphatic rings. The summed E-state index contributed by atoms with van der Waals surface area (Å²) >= 11 is 0. The lowest BCUT2D eigenvalue weighted by Gasteiger charge is -2.14. The predicted octanol–water partition coefficient (Wildman–Crippen LogP) is 0.00310. The van der Waals surface area contributed by atoms with Gasteiger partial charge >= 0.3 is 0 Å². The molecule has 0 saturated heterocycles. The Kier molecular flexibility index (Phi) is 4.24. The van der Waals surface area contributed by atoms with Crippen LogP contribution in [-0.2, 0) is 0 Å². The molecule has 0 unspecified atom stereocenters. The van der Waals surface area contributed by atoms with Gasteiger partial charge in [-0.2, -0.15) is 20.1 Å². The summed E-state index contributed by atoms with van der Waals surface area (Å²) in [5.41, 5.74) is 5.67. The Morgan fingerprint density at radius 1 is 1.37 bits per heavy atom. The van der Waals surface area contributed by atoms with E-state index in [9.17, 15) is 0 Å². The minimum absolute atomic E-state index is 0.173. The van der Waals surface area contributed by atoms with E-state index in [4.69, 9.17) is 5.73 Å². The van der Waals surface area contributed by atoms with Crippen molar-refractivity contribution in [2.45, 2.75) is 6.92 Å². The maximum absolute atomic E-state index is 5.67. The number of aromatic nitrogens is 5. The van der Waals surface area contributed by atoms with Crippen LogP contribution in [0.4, 0.5) is 11.9 Å². The zero-order valence-electron chi connectivity index (χ0n) is 11.1. The summed E-state index contributed by atoms with van der Waals surface area (Å²) in [4.78, 5) is 14.5. The number of nitrogen functional groups attached to an aromatic ring is 1. The van der Waals surface area contributed by atoms with Crippen LogP contribution in [0.5, 0.6) is 0 Å². The average Bonchev–Trinajstić information content (AvgIpc) is 2.91. The molecule has 19 heavy (non-hydrogen) atoms. The van der Waals surface area contributed by atoms with E-state index in [1.165, 1.54) is 0 Å². The van der Waals surface area contributed by atoms with E-state index in [2.05, 4.69) is 44.2 Å². The maximum atomic E-state index is 5.67. The molecular formula is C11H18N8. The number of hydrogen-bond acceptors (Lipinski definition) is 7. The van der Waals surface area contributed by atoms with E-state index < -0.39 is 0 Å². The normalized spacial score (nSPS) is 10.9. The monoisotopic (exact) mass is 262 g/mol. The average molecular weight is 262 g/mol. The number of nitrogens with one attached hydrogen (secondary N) is 1. The Hall–Kier alpha value is -2.22. The molecule has 102 valence electrons. The minimum Gasteiger partial charge on any atom is -0.368 e. The first-order valence-corrected chi connectivity index (χ1v) is 6.13. The highest BCUT2D eigenvalue weighted by molar-refractivity contribution is 5.34. The molecule has 8 nitrogen and oxygen atoms in total. The van der Waals surface area contributed by atoms with Gasteiger partial charge in [0.2, 0.25) is 11.9 Å². The summed E-state index contributed by atoms with van der Waals surface area (Å²) in [6, 6.07) is 1.79. The van der Waals surface area contributed by atoms with E-state index in [0.29, 0.717) is 11.9 Å². The van der Waals surface area contributed by atoms with Gasteiger partial charge in [0.15, 0.2) is 0 Å². The minimum atomic E-state index is 0.173. The molecule has 0 aliphatic carbocycles. The molecule has 0 spiro atoms. The van der Waals surface area contributed by atoms with Crippen molar-refractivity contribution in [1.82, 2.24) is 29.6 Å². The summed E-state index contributed by atoms with van der Waals surface area (Å²) in [6.07, 6.45) is 3.41. The van der Waals surface area contributed by atoms with Crippen LogP contribution in [0.2, 0.25) is 0 Å². The molecule has 0 aliphatic heterocycles. The van der Waals surface area contributed by atoms with Gasteiger partial charge in [0.1, 0.15) is 0 Å². The Labute approximate surface area is 111 Å². The maximum Gasteiger partial charge on any atom is 0.257 e. The van der Waals surface area contributed by atoms with Crippen LogP contribution in [0.25, 0.3) is 5.95 Å². The van der Waals surface area contributed by atoms with Gasteiger partial charge in [-0.15, -0.1) is 0 Å². The van der Waals surface area contributed by atoms with Gasteiger partial charge in [-0.05, 0) is 19.7 Å². The van der Waals surface area contributed by atoms with Gasteiger partial charge < -0.3 is 16.0 Å². The molecule has 2 heterocycles. The van der Waals surface area contributed by atoms with Gasteiger partial charge in [-0.1, -0.05) is 6.92 Å². The highest BCUT2D eigenvalue weighted by Gasteiger charge is 2.06. The number of rotatable bonds is 6. The van der Waals surface area contributed by atoms with E-state index >= 15 is 0 Å². The number of anilines is 2. The van der Waals surface area contributed by atoms with E-state index in [-0.39, 0.29) is 5.95 Å². The van der Waals surface area contributed by atoms with Crippen molar-refractivity contribution in [2.75, 3.05) is 37.7 Å². The van der Waals surface area contributed by atoms with Crippen LogP contribution in [0.3, 0.4) is 0 Å². The molecule has 0 radical (unpaired) electrons. The Bertz CT molecular complexity index is 509. The molecule has 0 fully saturated rings. The number of nitrogens with two attached hydrogens (primary N) is 1. The molecule has 3 N–H and O–H groups in total. The van der Waals surface area contributed by atoms with Crippen molar-refractivity contribution in [2.24, 2.45) is 0 Å². The van der Waals surface area contributed by atoms with Crippen molar-refractivity contribution >= 4 is 11.9 Å². The van der Waals surface area contributed by atoms with Crippen molar-refractivity contribution in [3.8, 4) is 5.95 Å². The lowest BCUT2D eigenvalue weighted by atomic mass is 10.5. The third-order valence-electron chi connectivity index (χ3n) is 2.67. The zero-order chi connectivity index (χ0) is 13.7. The Balaban J connectivity index is 2.05. The van der Waals surface area contributed by atoms with Crippen LogP contribution < -0.4 is 11.1 Å². The molecule has 0 amide bonds. The molecule has 8 heteroatoms. The second-order valence-electron chi connectivity index (χ2n) is 4.09. The lowest BCUT2D eigenvalue weighted by Crippen LogP contribution is -2.25. The number of likely N-dealkylation sites (N-methyl/N-ethyl adjacent to an activating group) is 1. The third kappa shape index (κ3) is 3.62. The summed E-state index contributed by atoms with van der Waals surface area (Å²) in [5, 5.41) is 7.19. The lowest BCUT2D eigenvalue weighted by molar-refractivity contribution is 0.367. The second-order valence-corrected chi connectivity index (χ2v) is 4.09. The summed E-state index contributed by atoms with van der Waals surface area (Å²) in [5.74, 6) is 1.04. The van der Waals surface area contributed by atoms with Gasteiger partial charge in [-0.3, -0.25) is 0 Å². The van der Waals surface area contributed by atoms with E-state index in [1.54, 1.807) is 23.1 Å². The summed E-state index contributed by atoms with van der Waals surface area (Å²) < 4.78 is 1.54. The van der Waals surface area contributed by atoms with Gasteiger partial charge in [0, 0.05) is 25.5 Å². The van der Waals surface area contributed by atoms with E-state index in [0.717, 1.165) is 19.6 Å². The SMILES string of the molecule is CCN(C)CCNc1nc(N)nc(-n2cccn2)n1. The van der Waals surface area contributed by atoms with E-state index in [1.807, 2.05) is 0 Å². The molecule has 2 aromatic rings. The van der Waals surface area contributed by atoms with Crippen molar-refractivity contribution in [3.63, 3.8) is 0 Å². The first-order chi connectivity index (χ1) is 9.19.